The summed E-state index contributed by atoms with van der Waals surface area (Å²) in [7, 11) is 1.30. The molecule has 1 aliphatic heterocycles. The number of nitro groups is 1. The predicted molar refractivity (Wildman–Crippen MR) is 75.3 cm³/mol. The van der Waals surface area contributed by atoms with Gasteiger partial charge in [-0.2, -0.15) is 0 Å². The number of rotatable bonds is 4. The van der Waals surface area contributed by atoms with Crippen LogP contribution in [0.3, 0.4) is 0 Å². The molecule has 1 atom stereocenters. The fraction of sp³-hybridized carbons (Fsp3) is 0.500. The molecule has 1 heterocycles. The van der Waals surface area contributed by atoms with Crippen LogP contribution in [-0.2, 0) is 4.79 Å². The average Bonchev–Trinajstić information content (AvgIpc) is 2.46. The Kier molecular flexibility index (Phi) is 4.40. The maximum atomic E-state index is 13.7. The van der Waals surface area contributed by atoms with Crippen molar-refractivity contribution in [3.8, 4) is 5.75 Å². The third-order valence-electron chi connectivity index (χ3n) is 3.73. The third kappa shape index (κ3) is 2.96. The van der Waals surface area contributed by atoms with Crippen LogP contribution in [-0.4, -0.2) is 30.4 Å². The molecular weight excluding hydrogens is 279 g/mol. The summed E-state index contributed by atoms with van der Waals surface area (Å²) in [5, 5.41) is 11.2. The van der Waals surface area contributed by atoms with Crippen LogP contribution >= 0.6 is 0 Å². The van der Waals surface area contributed by atoms with E-state index in [1.54, 1.807) is 4.90 Å². The molecule has 6 nitrogen and oxygen atoms in total. The van der Waals surface area contributed by atoms with Crippen molar-refractivity contribution in [1.82, 2.24) is 0 Å². The Balaban J connectivity index is 2.53. The molecule has 0 bridgehead atoms. The van der Waals surface area contributed by atoms with Gasteiger partial charge in [0.15, 0.2) is 17.3 Å². The van der Waals surface area contributed by atoms with Crippen molar-refractivity contribution >= 4 is 17.2 Å². The van der Waals surface area contributed by atoms with Crippen LogP contribution in [0.2, 0.25) is 0 Å². The number of piperidine rings is 1. The molecule has 1 unspecified atom stereocenters. The number of carbonyl (C=O) groups is 1. The van der Waals surface area contributed by atoms with E-state index in [0.717, 1.165) is 18.9 Å². The van der Waals surface area contributed by atoms with Crippen molar-refractivity contribution in [3.63, 3.8) is 0 Å². The van der Waals surface area contributed by atoms with E-state index in [1.165, 1.54) is 20.1 Å². The molecule has 1 aromatic rings. The topological polar surface area (TPSA) is 72.7 Å². The fourth-order valence-corrected chi connectivity index (χ4v) is 2.71. The maximum absolute atomic E-state index is 13.7. The van der Waals surface area contributed by atoms with Crippen LogP contribution in [0.15, 0.2) is 12.1 Å². The van der Waals surface area contributed by atoms with Gasteiger partial charge in [-0.15, -0.1) is 0 Å². The van der Waals surface area contributed by atoms with Gasteiger partial charge in [0.1, 0.15) is 5.69 Å². The van der Waals surface area contributed by atoms with Gasteiger partial charge in [-0.25, -0.2) is 4.39 Å². The molecule has 0 aliphatic carbocycles. The standard InChI is InChI=1S/C14H17FN2O4/c1-9(18)11-5-3-4-6-16(11)12-8-14(21-2)10(15)7-13(12)17(19)20/h7-8,11H,3-6H2,1-2H3. The molecule has 1 aliphatic rings. The van der Waals surface area contributed by atoms with Crippen molar-refractivity contribution in [2.75, 3.05) is 18.6 Å². The number of carbonyl (C=O) groups excluding carboxylic acids is 1. The van der Waals surface area contributed by atoms with Crippen LogP contribution in [0.1, 0.15) is 26.2 Å². The van der Waals surface area contributed by atoms with Gasteiger partial charge >= 0.3 is 0 Å². The van der Waals surface area contributed by atoms with E-state index in [-0.39, 0.29) is 22.9 Å². The molecule has 114 valence electrons. The van der Waals surface area contributed by atoms with Crippen LogP contribution < -0.4 is 9.64 Å². The SMILES string of the molecule is COc1cc(N2CCCCC2C(C)=O)c([N+](=O)[O-])cc1F. The number of hydrogen-bond donors (Lipinski definition) is 0. The molecule has 1 saturated heterocycles. The van der Waals surface area contributed by atoms with Gasteiger partial charge in [0.2, 0.25) is 0 Å². The molecule has 0 spiro atoms. The number of Topliss-reactive ketones (excluding diaryl/α,β-unsaturated/α-hetero) is 1. The van der Waals surface area contributed by atoms with Gasteiger partial charge in [0, 0.05) is 12.6 Å². The first kappa shape index (κ1) is 15.2. The molecule has 0 N–H and O–H groups in total. The largest absolute Gasteiger partial charge is 0.494 e. The van der Waals surface area contributed by atoms with Crippen molar-refractivity contribution in [1.29, 1.82) is 0 Å². The number of nitro benzene ring substituents is 1. The Morgan fingerprint density at radius 2 is 2.19 bits per heavy atom. The number of ketones is 1. The molecule has 0 radical (unpaired) electrons. The number of anilines is 1. The molecule has 0 amide bonds. The van der Waals surface area contributed by atoms with E-state index in [0.29, 0.717) is 13.0 Å². The van der Waals surface area contributed by atoms with Gasteiger partial charge in [0.25, 0.3) is 5.69 Å². The van der Waals surface area contributed by atoms with Gasteiger partial charge in [-0.3, -0.25) is 14.9 Å². The number of nitrogens with zero attached hydrogens (tertiary/aromatic N) is 2. The summed E-state index contributed by atoms with van der Waals surface area (Å²) >= 11 is 0. The molecule has 0 aromatic heterocycles. The van der Waals surface area contributed by atoms with Crippen molar-refractivity contribution in [2.45, 2.75) is 32.2 Å². The Labute approximate surface area is 121 Å². The zero-order valence-electron chi connectivity index (χ0n) is 12.0. The minimum absolute atomic E-state index is 0.0488. The van der Waals surface area contributed by atoms with E-state index in [2.05, 4.69) is 0 Å². The van der Waals surface area contributed by atoms with E-state index in [1.807, 2.05) is 0 Å². The van der Waals surface area contributed by atoms with Crippen molar-refractivity contribution in [3.05, 3.63) is 28.1 Å². The molecule has 1 aromatic carbocycles. The Morgan fingerprint density at radius 1 is 1.48 bits per heavy atom. The average molecular weight is 296 g/mol. The van der Waals surface area contributed by atoms with Crippen LogP contribution in [0.4, 0.5) is 15.8 Å². The monoisotopic (exact) mass is 296 g/mol. The summed E-state index contributed by atoms with van der Waals surface area (Å²) in [6.45, 7) is 2.00. The lowest BCUT2D eigenvalue weighted by Gasteiger charge is -2.35. The molecule has 2 rings (SSSR count). The normalized spacial score (nSPS) is 18.4. The zero-order valence-corrected chi connectivity index (χ0v) is 12.0. The number of hydrogen-bond acceptors (Lipinski definition) is 5. The van der Waals surface area contributed by atoms with Crippen LogP contribution in [0.25, 0.3) is 0 Å². The molecular formula is C14H17FN2O4. The van der Waals surface area contributed by atoms with Crippen molar-refractivity contribution < 1.29 is 18.8 Å². The van der Waals surface area contributed by atoms with E-state index in [4.69, 9.17) is 4.74 Å². The van der Waals surface area contributed by atoms with Crippen LogP contribution in [0, 0.1) is 15.9 Å². The van der Waals surface area contributed by atoms with E-state index >= 15 is 0 Å². The highest BCUT2D eigenvalue weighted by Gasteiger charge is 2.32. The predicted octanol–water partition coefficient (Wildman–Crippen LogP) is 2.69. The van der Waals surface area contributed by atoms with Gasteiger partial charge < -0.3 is 9.64 Å². The van der Waals surface area contributed by atoms with Gasteiger partial charge in [-0.1, -0.05) is 0 Å². The first-order chi connectivity index (χ1) is 9.95. The van der Waals surface area contributed by atoms with Crippen molar-refractivity contribution in [2.24, 2.45) is 0 Å². The maximum Gasteiger partial charge on any atom is 0.295 e. The molecule has 1 fully saturated rings. The number of ether oxygens (including phenoxy) is 1. The highest BCUT2D eigenvalue weighted by molar-refractivity contribution is 5.86. The molecule has 21 heavy (non-hydrogen) atoms. The number of halogens is 1. The third-order valence-corrected chi connectivity index (χ3v) is 3.73. The summed E-state index contributed by atoms with van der Waals surface area (Å²) in [6, 6.07) is 1.74. The minimum atomic E-state index is -0.788. The Hall–Kier alpha value is -2.18. The fourth-order valence-electron chi connectivity index (χ4n) is 2.71. The van der Waals surface area contributed by atoms with E-state index in [9.17, 15) is 19.3 Å². The lowest BCUT2D eigenvalue weighted by molar-refractivity contribution is -0.384. The van der Waals surface area contributed by atoms with Crippen LogP contribution in [0.5, 0.6) is 5.75 Å². The summed E-state index contributed by atoms with van der Waals surface area (Å²) < 4.78 is 18.6. The first-order valence-electron chi connectivity index (χ1n) is 6.74. The highest BCUT2D eigenvalue weighted by atomic mass is 19.1. The summed E-state index contributed by atoms with van der Waals surface area (Å²) in [5.74, 6) is -0.903. The second-order valence-electron chi connectivity index (χ2n) is 5.05. The Bertz CT molecular complexity index is 576. The second-order valence-corrected chi connectivity index (χ2v) is 5.05. The summed E-state index contributed by atoms with van der Waals surface area (Å²) in [6.07, 6.45) is 2.37. The number of benzene rings is 1. The minimum Gasteiger partial charge on any atom is -0.494 e. The van der Waals surface area contributed by atoms with E-state index < -0.39 is 16.8 Å². The zero-order chi connectivity index (χ0) is 15.6. The summed E-state index contributed by atoms with van der Waals surface area (Å²) in [5.41, 5.74) is -0.111. The van der Waals surface area contributed by atoms with Gasteiger partial charge in [-0.05, 0) is 26.2 Å². The lowest BCUT2D eigenvalue weighted by atomic mass is 9.98. The number of methoxy groups -OCH3 is 1. The Morgan fingerprint density at radius 3 is 2.76 bits per heavy atom. The molecule has 7 heteroatoms. The lowest BCUT2D eigenvalue weighted by Crippen LogP contribution is -2.44. The summed E-state index contributed by atoms with van der Waals surface area (Å²) in [4.78, 5) is 24.0. The molecule has 0 saturated carbocycles. The highest BCUT2D eigenvalue weighted by Crippen LogP contribution is 2.37. The second kappa shape index (κ2) is 6.07. The first-order valence-corrected chi connectivity index (χ1v) is 6.74. The quantitative estimate of drug-likeness (QED) is 0.631. The smallest absolute Gasteiger partial charge is 0.295 e. The van der Waals surface area contributed by atoms with Gasteiger partial charge in [0.05, 0.1) is 24.1 Å².